The Hall–Kier alpha value is -3.59. The van der Waals surface area contributed by atoms with E-state index in [4.69, 9.17) is 0 Å². The van der Waals surface area contributed by atoms with Crippen LogP contribution < -0.4 is 15.5 Å². The van der Waals surface area contributed by atoms with Crippen molar-refractivity contribution in [2.45, 2.75) is 26.8 Å². The zero-order valence-corrected chi connectivity index (χ0v) is 20.9. The average molecular weight is 505 g/mol. The molecule has 0 fully saturated rings. The topological polar surface area (TPSA) is 111 Å². The molecular formula is C25H26FN8OP. The van der Waals surface area contributed by atoms with Crippen molar-refractivity contribution >= 4 is 34.9 Å². The Morgan fingerprint density at radius 3 is 2.64 bits per heavy atom. The van der Waals surface area contributed by atoms with E-state index < -0.39 is 13.3 Å². The molecule has 0 bridgehead atoms. The molecule has 184 valence electrons. The molecule has 2 N–H and O–H groups in total. The number of hydrogen-bond donors (Lipinski definition) is 2. The summed E-state index contributed by atoms with van der Waals surface area (Å²) in [5.41, 5.74) is 3.93. The zero-order chi connectivity index (χ0) is 25.1. The van der Waals surface area contributed by atoms with Gasteiger partial charge in [0.25, 0.3) is 0 Å². The summed E-state index contributed by atoms with van der Waals surface area (Å²) in [4.78, 5) is 13.4. The molecule has 0 spiro atoms. The minimum Gasteiger partial charge on any atom is -0.284 e. The van der Waals surface area contributed by atoms with Crippen LogP contribution >= 0.6 is 7.44 Å². The van der Waals surface area contributed by atoms with Gasteiger partial charge in [0.05, 0.1) is 24.0 Å². The monoisotopic (exact) mass is 504 g/mol. The second-order valence-electron chi connectivity index (χ2n) is 8.37. The fraction of sp³-hybridized carbons (Fsp3) is 0.240. The number of hydrogen-bond acceptors (Lipinski definition) is 6. The number of fused-ring (bicyclic) bond motifs is 2. The highest BCUT2D eigenvalue weighted by Gasteiger charge is 2.23. The minimum absolute atomic E-state index is 0.231. The first-order chi connectivity index (χ1) is 17.5. The molecule has 0 aliphatic rings. The van der Waals surface area contributed by atoms with Crippen molar-refractivity contribution in [3.05, 3.63) is 83.6 Å². The standard InChI is InChI=1S/C25H26FN8OP/c1-3-29-36(35,30-4-2)21-9-8-18(22(26)14-21)13-20-15-28-24-25(31-20)34(33-32-24)16-17-7-10-23-19(12-17)6-5-11-27-23/h5-12,14-15H,3-4,13,16H2,1-2H3,(H2,29,30,35). The SMILES string of the molecule is CCNP(=O)(NCC)c1ccc(Cc2cnc3nnn(Cc4ccc5ncccc5c4)c3n2)c(F)c1. The lowest BCUT2D eigenvalue weighted by atomic mass is 10.1. The van der Waals surface area contributed by atoms with Crippen LogP contribution in [0.1, 0.15) is 30.7 Å². The molecule has 0 radical (unpaired) electrons. The highest BCUT2D eigenvalue weighted by Crippen LogP contribution is 2.34. The summed E-state index contributed by atoms with van der Waals surface area (Å²) >= 11 is 0. The summed E-state index contributed by atoms with van der Waals surface area (Å²) in [7, 11) is -3.07. The van der Waals surface area contributed by atoms with Crippen LogP contribution in [0.25, 0.3) is 22.2 Å². The Balaban J connectivity index is 1.40. The molecule has 11 heteroatoms. The van der Waals surface area contributed by atoms with Crippen molar-refractivity contribution in [2.75, 3.05) is 13.1 Å². The fourth-order valence-corrected chi connectivity index (χ4v) is 6.08. The van der Waals surface area contributed by atoms with Crippen LogP contribution in [0.5, 0.6) is 0 Å². The van der Waals surface area contributed by atoms with E-state index in [0.29, 0.717) is 47.5 Å². The van der Waals surface area contributed by atoms with Crippen LogP contribution in [-0.2, 0) is 17.5 Å². The molecule has 0 unspecified atom stereocenters. The van der Waals surface area contributed by atoms with Gasteiger partial charge in [0.1, 0.15) is 5.82 Å². The van der Waals surface area contributed by atoms with E-state index >= 15 is 4.39 Å². The van der Waals surface area contributed by atoms with Gasteiger partial charge in [-0.2, -0.15) is 0 Å². The first-order valence-electron chi connectivity index (χ1n) is 11.8. The van der Waals surface area contributed by atoms with E-state index in [2.05, 4.69) is 41.5 Å². The Labute approximate surface area is 207 Å². The summed E-state index contributed by atoms with van der Waals surface area (Å²) in [5, 5.41) is 15.7. The van der Waals surface area contributed by atoms with Crippen LogP contribution in [0.15, 0.2) is 60.9 Å². The molecule has 0 saturated carbocycles. The van der Waals surface area contributed by atoms with E-state index in [1.54, 1.807) is 29.2 Å². The van der Waals surface area contributed by atoms with Gasteiger partial charge in [0.15, 0.2) is 5.65 Å². The number of pyridine rings is 1. The predicted molar refractivity (Wildman–Crippen MR) is 138 cm³/mol. The Bertz CT molecular complexity index is 1580. The van der Waals surface area contributed by atoms with Crippen LogP contribution in [0.4, 0.5) is 4.39 Å². The van der Waals surface area contributed by atoms with Crippen molar-refractivity contribution in [3.63, 3.8) is 0 Å². The van der Waals surface area contributed by atoms with Gasteiger partial charge >= 0.3 is 0 Å². The number of nitrogens with zero attached hydrogens (tertiary/aromatic N) is 6. The van der Waals surface area contributed by atoms with Crippen molar-refractivity contribution in [1.82, 2.24) is 40.1 Å². The molecule has 0 aliphatic carbocycles. The minimum atomic E-state index is -3.07. The molecule has 36 heavy (non-hydrogen) atoms. The number of halogens is 1. The van der Waals surface area contributed by atoms with E-state index in [1.807, 2.05) is 38.1 Å². The lowest BCUT2D eigenvalue weighted by molar-refractivity contribution is 0.563. The second-order valence-corrected chi connectivity index (χ2v) is 10.7. The van der Waals surface area contributed by atoms with Crippen LogP contribution in [0, 0.1) is 5.82 Å². The van der Waals surface area contributed by atoms with Crippen molar-refractivity contribution in [3.8, 4) is 0 Å². The van der Waals surface area contributed by atoms with Gasteiger partial charge in [-0.15, -0.1) is 5.10 Å². The number of aromatic nitrogens is 6. The normalized spacial score (nSPS) is 12.0. The maximum atomic E-state index is 15.0. The van der Waals surface area contributed by atoms with Crippen molar-refractivity contribution in [1.29, 1.82) is 0 Å². The molecule has 5 rings (SSSR count). The highest BCUT2D eigenvalue weighted by atomic mass is 31.2. The van der Waals surface area contributed by atoms with Crippen LogP contribution in [0.3, 0.4) is 0 Å². The van der Waals surface area contributed by atoms with E-state index in [0.717, 1.165) is 16.5 Å². The number of rotatable bonds is 9. The third kappa shape index (κ3) is 4.88. The molecule has 0 aliphatic heterocycles. The molecular weight excluding hydrogens is 478 g/mol. The van der Waals surface area contributed by atoms with Gasteiger partial charge in [-0.05, 0) is 41.5 Å². The summed E-state index contributed by atoms with van der Waals surface area (Å²) < 4.78 is 29.9. The fourth-order valence-electron chi connectivity index (χ4n) is 4.13. The number of benzene rings is 2. The molecule has 0 atom stereocenters. The first-order valence-corrected chi connectivity index (χ1v) is 13.5. The summed E-state index contributed by atoms with van der Waals surface area (Å²) in [5.74, 6) is -0.443. The van der Waals surface area contributed by atoms with Gasteiger partial charge in [-0.25, -0.2) is 19.0 Å². The summed E-state index contributed by atoms with van der Waals surface area (Å²) in [6.07, 6.45) is 3.58. The van der Waals surface area contributed by atoms with Crippen molar-refractivity contribution in [2.24, 2.45) is 0 Å². The maximum Gasteiger partial charge on any atom is 0.240 e. The van der Waals surface area contributed by atoms with E-state index in [1.165, 1.54) is 6.07 Å². The predicted octanol–water partition coefficient (Wildman–Crippen LogP) is 3.59. The molecule has 5 aromatic rings. The third-order valence-electron chi connectivity index (χ3n) is 5.81. The Morgan fingerprint density at radius 2 is 1.86 bits per heavy atom. The molecule has 3 heterocycles. The highest BCUT2D eigenvalue weighted by molar-refractivity contribution is 7.67. The van der Waals surface area contributed by atoms with Gasteiger partial charge in [0.2, 0.25) is 13.1 Å². The Kier molecular flexibility index (Phi) is 6.82. The molecule has 2 aromatic carbocycles. The third-order valence-corrected chi connectivity index (χ3v) is 8.34. The molecule has 3 aromatic heterocycles. The zero-order valence-electron chi connectivity index (χ0n) is 20.0. The van der Waals surface area contributed by atoms with Gasteiger partial charge in [0, 0.05) is 36.4 Å². The first kappa shape index (κ1) is 24.1. The smallest absolute Gasteiger partial charge is 0.240 e. The van der Waals surface area contributed by atoms with E-state index in [-0.39, 0.29) is 6.42 Å². The largest absolute Gasteiger partial charge is 0.284 e. The van der Waals surface area contributed by atoms with E-state index in [9.17, 15) is 4.57 Å². The van der Waals surface area contributed by atoms with Gasteiger partial charge in [-0.1, -0.05) is 37.3 Å². The molecule has 0 saturated heterocycles. The van der Waals surface area contributed by atoms with Gasteiger partial charge in [-0.3, -0.25) is 19.7 Å². The lowest BCUT2D eigenvalue weighted by Crippen LogP contribution is -2.30. The Morgan fingerprint density at radius 1 is 1.03 bits per heavy atom. The second kappa shape index (κ2) is 10.2. The number of nitrogens with one attached hydrogen (secondary N) is 2. The molecule has 0 amide bonds. The van der Waals surface area contributed by atoms with Crippen LogP contribution in [0.2, 0.25) is 0 Å². The van der Waals surface area contributed by atoms with Crippen LogP contribution in [-0.4, -0.2) is 43.0 Å². The molecule has 9 nitrogen and oxygen atoms in total. The van der Waals surface area contributed by atoms with Crippen molar-refractivity contribution < 1.29 is 8.96 Å². The lowest BCUT2D eigenvalue weighted by Gasteiger charge is -2.20. The quantitative estimate of drug-likeness (QED) is 0.293. The average Bonchev–Trinajstić information content (AvgIpc) is 3.27. The maximum absolute atomic E-state index is 15.0. The summed E-state index contributed by atoms with van der Waals surface area (Å²) in [6.45, 7) is 5.19. The summed E-state index contributed by atoms with van der Waals surface area (Å²) in [6, 6.07) is 14.6. The van der Waals surface area contributed by atoms with Gasteiger partial charge < -0.3 is 0 Å².